The number of nitrogens with zero attached hydrogens (tertiary/aromatic N) is 1. The Kier molecular flexibility index (Phi) is 3.99. The molecule has 0 saturated heterocycles. The molecule has 0 unspecified atom stereocenters. The number of sulfonamides is 1. The van der Waals surface area contributed by atoms with Crippen LogP contribution in [0.4, 0.5) is 5.69 Å². The van der Waals surface area contributed by atoms with Gasteiger partial charge in [0.15, 0.2) is 0 Å². The minimum atomic E-state index is -3.79. The minimum absolute atomic E-state index is 0.0595. The highest BCUT2D eigenvalue weighted by Gasteiger charge is 2.24. The molecule has 0 aliphatic carbocycles. The number of hydrogen-bond donors (Lipinski definition) is 1. The molecule has 0 atom stereocenters. The standard InChI is InChI=1S/C15H15NO4S/c1-11-7-9-12(10-8-11)21(19,20)16(2)14-6-4-3-5-13(14)15(17)18/h3-10H,1-2H3,(H,17,18). The van der Waals surface area contributed by atoms with Crippen molar-refractivity contribution in [2.75, 3.05) is 11.4 Å². The van der Waals surface area contributed by atoms with E-state index in [0.29, 0.717) is 0 Å². The Morgan fingerprint density at radius 2 is 1.62 bits per heavy atom. The molecule has 0 aliphatic rings. The third kappa shape index (κ3) is 2.90. The van der Waals surface area contributed by atoms with Gasteiger partial charge in [0.2, 0.25) is 0 Å². The van der Waals surface area contributed by atoms with E-state index < -0.39 is 16.0 Å². The second-order valence-electron chi connectivity index (χ2n) is 4.61. The van der Waals surface area contributed by atoms with Gasteiger partial charge in [-0.25, -0.2) is 13.2 Å². The maximum absolute atomic E-state index is 12.6. The average molecular weight is 305 g/mol. The number of carboxylic acid groups (broad SMARTS) is 1. The smallest absolute Gasteiger partial charge is 0.337 e. The third-order valence-electron chi connectivity index (χ3n) is 3.15. The fourth-order valence-electron chi connectivity index (χ4n) is 1.93. The Bertz CT molecular complexity index is 767. The number of para-hydroxylation sites is 1. The van der Waals surface area contributed by atoms with Crippen LogP contribution in [0.5, 0.6) is 0 Å². The van der Waals surface area contributed by atoms with Crippen LogP contribution in [0.1, 0.15) is 15.9 Å². The van der Waals surface area contributed by atoms with E-state index in [-0.39, 0.29) is 16.1 Å². The van der Waals surface area contributed by atoms with Gasteiger partial charge < -0.3 is 5.11 Å². The van der Waals surface area contributed by atoms with Crippen molar-refractivity contribution in [2.45, 2.75) is 11.8 Å². The predicted octanol–water partition coefficient (Wildman–Crippen LogP) is 2.52. The summed E-state index contributed by atoms with van der Waals surface area (Å²) in [7, 11) is -2.45. The number of rotatable bonds is 4. The van der Waals surface area contributed by atoms with Crippen molar-refractivity contribution in [3.8, 4) is 0 Å². The summed E-state index contributed by atoms with van der Waals surface area (Å²) in [5.41, 5.74) is 1.02. The molecule has 0 bridgehead atoms. The number of benzene rings is 2. The fourth-order valence-corrected chi connectivity index (χ4v) is 3.14. The molecule has 0 radical (unpaired) electrons. The Morgan fingerprint density at radius 1 is 1.05 bits per heavy atom. The minimum Gasteiger partial charge on any atom is -0.478 e. The first kappa shape index (κ1) is 15.1. The first-order valence-electron chi connectivity index (χ1n) is 6.22. The van der Waals surface area contributed by atoms with Crippen molar-refractivity contribution in [2.24, 2.45) is 0 Å². The number of carboxylic acids is 1. The van der Waals surface area contributed by atoms with E-state index in [1.165, 1.54) is 31.3 Å². The largest absolute Gasteiger partial charge is 0.478 e. The number of aryl methyl sites for hydroxylation is 1. The molecular weight excluding hydrogens is 290 g/mol. The molecule has 0 fully saturated rings. The molecule has 0 spiro atoms. The molecule has 21 heavy (non-hydrogen) atoms. The monoisotopic (exact) mass is 305 g/mol. The lowest BCUT2D eigenvalue weighted by Crippen LogP contribution is -2.28. The average Bonchev–Trinajstić information content (AvgIpc) is 2.46. The van der Waals surface area contributed by atoms with Gasteiger partial charge in [-0.1, -0.05) is 29.8 Å². The summed E-state index contributed by atoms with van der Waals surface area (Å²) in [5, 5.41) is 9.17. The molecule has 5 nitrogen and oxygen atoms in total. The molecular formula is C15H15NO4S. The van der Waals surface area contributed by atoms with Gasteiger partial charge in [-0.05, 0) is 31.2 Å². The summed E-state index contributed by atoms with van der Waals surface area (Å²) in [6.45, 7) is 1.86. The van der Waals surface area contributed by atoms with E-state index in [2.05, 4.69) is 0 Å². The van der Waals surface area contributed by atoms with Gasteiger partial charge in [-0.15, -0.1) is 0 Å². The molecule has 2 aromatic rings. The highest BCUT2D eigenvalue weighted by atomic mass is 32.2. The van der Waals surface area contributed by atoms with Crippen LogP contribution in [0, 0.1) is 6.92 Å². The molecule has 0 amide bonds. The molecule has 6 heteroatoms. The lowest BCUT2D eigenvalue weighted by atomic mass is 10.2. The predicted molar refractivity (Wildman–Crippen MR) is 80.2 cm³/mol. The Balaban J connectivity index is 2.51. The zero-order chi connectivity index (χ0) is 15.6. The number of hydrogen-bond acceptors (Lipinski definition) is 3. The summed E-state index contributed by atoms with van der Waals surface area (Å²) in [6, 6.07) is 12.4. The molecule has 2 rings (SSSR count). The SMILES string of the molecule is Cc1ccc(S(=O)(=O)N(C)c2ccccc2C(=O)O)cc1. The van der Waals surface area contributed by atoms with Gasteiger partial charge in [0.05, 0.1) is 16.1 Å². The Hall–Kier alpha value is -2.34. The van der Waals surface area contributed by atoms with Crippen molar-refractivity contribution in [1.82, 2.24) is 0 Å². The first-order valence-corrected chi connectivity index (χ1v) is 7.66. The molecule has 1 N–H and O–H groups in total. The van der Waals surface area contributed by atoms with Gasteiger partial charge in [0.1, 0.15) is 0 Å². The Morgan fingerprint density at radius 3 is 2.19 bits per heavy atom. The van der Waals surface area contributed by atoms with Crippen LogP contribution in [-0.2, 0) is 10.0 Å². The van der Waals surface area contributed by atoms with E-state index in [9.17, 15) is 13.2 Å². The van der Waals surface area contributed by atoms with E-state index in [1.807, 2.05) is 6.92 Å². The van der Waals surface area contributed by atoms with Gasteiger partial charge in [0.25, 0.3) is 10.0 Å². The van der Waals surface area contributed by atoms with Crippen LogP contribution in [0.2, 0.25) is 0 Å². The maximum Gasteiger partial charge on any atom is 0.337 e. The van der Waals surface area contributed by atoms with Crippen molar-refractivity contribution in [1.29, 1.82) is 0 Å². The summed E-state index contributed by atoms with van der Waals surface area (Å²) >= 11 is 0. The molecule has 2 aromatic carbocycles. The van der Waals surface area contributed by atoms with Gasteiger partial charge in [-0.3, -0.25) is 4.31 Å². The van der Waals surface area contributed by atoms with Crippen molar-refractivity contribution in [3.63, 3.8) is 0 Å². The fraction of sp³-hybridized carbons (Fsp3) is 0.133. The van der Waals surface area contributed by atoms with Crippen molar-refractivity contribution < 1.29 is 18.3 Å². The second kappa shape index (κ2) is 5.57. The van der Waals surface area contributed by atoms with Crippen molar-refractivity contribution in [3.05, 3.63) is 59.7 Å². The van der Waals surface area contributed by atoms with Gasteiger partial charge >= 0.3 is 5.97 Å². The van der Waals surface area contributed by atoms with E-state index in [4.69, 9.17) is 5.11 Å². The number of aromatic carboxylic acids is 1. The number of anilines is 1. The first-order chi connectivity index (χ1) is 9.84. The quantitative estimate of drug-likeness (QED) is 0.942. The molecule has 0 saturated carbocycles. The zero-order valence-electron chi connectivity index (χ0n) is 11.6. The zero-order valence-corrected chi connectivity index (χ0v) is 12.5. The normalized spacial score (nSPS) is 11.1. The van der Waals surface area contributed by atoms with E-state index in [1.54, 1.807) is 24.3 Å². The van der Waals surface area contributed by atoms with Crippen molar-refractivity contribution >= 4 is 21.7 Å². The highest BCUT2D eigenvalue weighted by molar-refractivity contribution is 7.92. The second-order valence-corrected chi connectivity index (χ2v) is 6.58. The lowest BCUT2D eigenvalue weighted by Gasteiger charge is -2.21. The van der Waals surface area contributed by atoms with E-state index >= 15 is 0 Å². The summed E-state index contributed by atoms with van der Waals surface area (Å²) in [6.07, 6.45) is 0. The highest BCUT2D eigenvalue weighted by Crippen LogP contribution is 2.25. The van der Waals surface area contributed by atoms with Gasteiger partial charge in [-0.2, -0.15) is 0 Å². The van der Waals surface area contributed by atoms with Crippen LogP contribution in [-0.4, -0.2) is 26.5 Å². The molecule has 110 valence electrons. The van der Waals surface area contributed by atoms with Crippen LogP contribution in [0.3, 0.4) is 0 Å². The van der Waals surface area contributed by atoms with Crippen LogP contribution >= 0.6 is 0 Å². The molecule has 0 aromatic heterocycles. The lowest BCUT2D eigenvalue weighted by molar-refractivity contribution is 0.0698. The van der Waals surface area contributed by atoms with Crippen LogP contribution in [0.15, 0.2) is 53.4 Å². The topological polar surface area (TPSA) is 74.7 Å². The van der Waals surface area contributed by atoms with Crippen LogP contribution in [0.25, 0.3) is 0 Å². The van der Waals surface area contributed by atoms with E-state index in [0.717, 1.165) is 9.87 Å². The molecule has 0 heterocycles. The summed E-state index contributed by atoms with van der Waals surface area (Å²) in [4.78, 5) is 11.3. The third-order valence-corrected chi connectivity index (χ3v) is 4.94. The Labute approximate surface area is 123 Å². The molecule has 0 aliphatic heterocycles. The summed E-state index contributed by atoms with van der Waals surface area (Å²) in [5.74, 6) is -1.17. The number of carbonyl (C=O) groups is 1. The van der Waals surface area contributed by atoms with Gasteiger partial charge in [0, 0.05) is 7.05 Å². The summed E-state index contributed by atoms with van der Waals surface area (Å²) < 4.78 is 26.1. The maximum atomic E-state index is 12.6. The van der Waals surface area contributed by atoms with Crippen LogP contribution < -0.4 is 4.31 Å².